The van der Waals surface area contributed by atoms with E-state index in [1.165, 1.54) is 7.11 Å². The van der Waals surface area contributed by atoms with Crippen molar-refractivity contribution in [3.05, 3.63) is 40.7 Å². The molecule has 5 heteroatoms. The summed E-state index contributed by atoms with van der Waals surface area (Å²) in [5, 5.41) is 0. The van der Waals surface area contributed by atoms with Gasteiger partial charge in [-0.15, -0.1) is 0 Å². The number of carbonyl (C=O) groups is 1. The van der Waals surface area contributed by atoms with Crippen LogP contribution in [-0.4, -0.2) is 19.4 Å². The van der Waals surface area contributed by atoms with Gasteiger partial charge >= 0.3 is 0 Å². The Labute approximate surface area is 85.1 Å². The van der Waals surface area contributed by atoms with Gasteiger partial charge in [-0.1, -0.05) is 0 Å². The molecule has 1 aromatic carbocycles. The second kappa shape index (κ2) is 4.51. The number of hydrogen-bond acceptors (Lipinski definition) is 2. The van der Waals surface area contributed by atoms with E-state index in [0.29, 0.717) is 0 Å². The van der Waals surface area contributed by atoms with Crippen molar-refractivity contribution in [1.29, 1.82) is 0 Å². The summed E-state index contributed by atoms with van der Waals surface area (Å²) in [5.41, 5.74) is -0.688. The fourth-order valence-electron chi connectivity index (χ4n) is 1.08. The maximum Gasteiger partial charge on any atom is 0.276 e. The predicted molar refractivity (Wildman–Crippen MR) is 48.7 cm³/mol. The average molecular weight is 211 g/mol. The van der Waals surface area contributed by atoms with Gasteiger partial charge in [-0.05, 0) is 0 Å². The Kier molecular flexibility index (Phi) is 3.34. The molecule has 0 amide bonds. The van der Waals surface area contributed by atoms with Gasteiger partial charge in [0.05, 0.1) is 12.7 Å². The van der Waals surface area contributed by atoms with E-state index < -0.39 is 29.5 Å². The van der Waals surface area contributed by atoms with E-state index in [4.69, 9.17) is 6.57 Å². The number of rotatable bonds is 3. The number of Topliss-reactive ketones (excluding diaryl/α,β-unsaturated/α-hetero) is 1. The first-order valence-corrected chi connectivity index (χ1v) is 3.99. The summed E-state index contributed by atoms with van der Waals surface area (Å²) in [7, 11) is 1.26. The number of hydrogen-bond donors (Lipinski definition) is 0. The van der Waals surface area contributed by atoms with Crippen molar-refractivity contribution in [3.8, 4) is 5.75 Å². The lowest BCUT2D eigenvalue weighted by atomic mass is 10.1. The van der Waals surface area contributed by atoms with Crippen LogP contribution in [0.3, 0.4) is 0 Å². The molecule has 0 atom stereocenters. The van der Waals surface area contributed by atoms with Crippen LogP contribution in [0, 0.1) is 18.2 Å². The van der Waals surface area contributed by atoms with Crippen LogP contribution in [0.5, 0.6) is 5.75 Å². The molecule has 0 heterocycles. The van der Waals surface area contributed by atoms with Crippen molar-refractivity contribution in [1.82, 2.24) is 0 Å². The molecular weight excluding hydrogens is 204 g/mol. The monoisotopic (exact) mass is 211 g/mol. The lowest BCUT2D eigenvalue weighted by Crippen LogP contribution is -2.08. The molecule has 1 aromatic rings. The highest BCUT2D eigenvalue weighted by molar-refractivity contribution is 5.99. The fraction of sp³-hybridized carbons (Fsp3) is 0.200. The van der Waals surface area contributed by atoms with Crippen molar-refractivity contribution >= 4 is 5.78 Å². The molecule has 3 nitrogen and oxygen atoms in total. The second-order valence-electron chi connectivity index (χ2n) is 2.71. The molecule has 78 valence electrons. The number of benzene rings is 1. The van der Waals surface area contributed by atoms with Gasteiger partial charge in [0.15, 0.2) is 0 Å². The van der Waals surface area contributed by atoms with E-state index in [9.17, 15) is 13.6 Å². The summed E-state index contributed by atoms with van der Waals surface area (Å²) in [6, 6.07) is 1.81. The molecule has 0 bridgehead atoms. The van der Waals surface area contributed by atoms with Gasteiger partial charge in [0.1, 0.15) is 17.4 Å². The van der Waals surface area contributed by atoms with E-state index in [1.807, 2.05) is 0 Å². The van der Waals surface area contributed by atoms with Crippen LogP contribution < -0.4 is 4.74 Å². The zero-order chi connectivity index (χ0) is 11.4. The second-order valence-corrected chi connectivity index (χ2v) is 2.71. The first-order valence-electron chi connectivity index (χ1n) is 3.99. The van der Waals surface area contributed by atoms with Crippen molar-refractivity contribution in [2.45, 2.75) is 0 Å². The van der Waals surface area contributed by atoms with E-state index in [2.05, 4.69) is 9.58 Å². The topological polar surface area (TPSA) is 30.7 Å². The summed E-state index contributed by atoms with van der Waals surface area (Å²) in [4.78, 5) is 13.9. The van der Waals surface area contributed by atoms with Gasteiger partial charge in [0.2, 0.25) is 5.78 Å². The van der Waals surface area contributed by atoms with Crippen molar-refractivity contribution in [2.75, 3.05) is 13.7 Å². The Morgan fingerprint density at radius 1 is 1.47 bits per heavy atom. The Morgan fingerprint density at radius 2 is 2.00 bits per heavy atom. The van der Waals surface area contributed by atoms with Crippen LogP contribution in [0.1, 0.15) is 10.4 Å². The first kappa shape index (κ1) is 11.1. The SMILES string of the molecule is [C-]#[N+]CC(=O)c1c(F)cc(OC)cc1F. The Hall–Kier alpha value is -1.96. The Balaban J connectivity index is 3.20. The zero-order valence-corrected chi connectivity index (χ0v) is 7.88. The highest BCUT2D eigenvalue weighted by Gasteiger charge is 2.20. The standard InChI is InChI=1S/C10H7F2NO2/c1-13-5-9(14)10-7(11)3-6(15-2)4-8(10)12/h3-4H,5H2,2H3. The molecule has 15 heavy (non-hydrogen) atoms. The van der Waals surface area contributed by atoms with Gasteiger partial charge in [-0.2, -0.15) is 0 Å². The summed E-state index contributed by atoms with van der Waals surface area (Å²) in [5.74, 6) is -2.91. The van der Waals surface area contributed by atoms with Crippen LogP contribution in [0.15, 0.2) is 12.1 Å². The van der Waals surface area contributed by atoms with Gasteiger partial charge in [-0.3, -0.25) is 4.79 Å². The molecular formula is C10H7F2NO2. The summed E-state index contributed by atoms with van der Waals surface area (Å²) in [6.07, 6.45) is 0. The lowest BCUT2D eigenvalue weighted by Gasteiger charge is -2.04. The molecule has 0 saturated heterocycles. The normalized spacial score (nSPS) is 9.47. The average Bonchev–Trinajstić information content (AvgIpc) is 2.16. The largest absolute Gasteiger partial charge is 0.497 e. The molecule has 0 radical (unpaired) electrons. The molecule has 0 aliphatic rings. The fourth-order valence-corrected chi connectivity index (χ4v) is 1.08. The maximum atomic E-state index is 13.2. The smallest absolute Gasteiger partial charge is 0.276 e. The van der Waals surface area contributed by atoms with Crippen LogP contribution in [0.2, 0.25) is 0 Å². The molecule has 0 aliphatic heterocycles. The third-order valence-corrected chi connectivity index (χ3v) is 1.75. The van der Waals surface area contributed by atoms with Crippen LogP contribution in [0.25, 0.3) is 4.85 Å². The molecule has 1 rings (SSSR count). The first-order chi connectivity index (χ1) is 7.10. The quantitative estimate of drug-likeness (QED) is 0.566. The molecule has 0 fully saturated rings. The lowest BCUT2D eigenvalue weighted by molar-refractivity contribution is 0.100. The van der Waals surface area contributed by atoms with Crippen molar-refractivity contribution in [3.63, 3.8) is 0 Å². The van der Waals surface area contributed by atoms with Gasteiger partial charge in [-0.25, -0.2) is 15.4 Å². The van der Waals surface area contributed by atoms with E-state index in [0.717, 1.165) is 12.1 Å². The van der Waals surface area contributed by atoms with Gasteiger partial charge in [0, 0.05) is 12.1 Å². The van der Waals surface area contributed by atoms with Gasteiger partial charge < -0.3 is 9.58 Å². The third kappa shape index (κ3) is 2.29. The number of halogens is 2. The number of ether oxygens (including phenoxy) is 1. The van der Waals surface area contributed by atoms with Crippen molar-refractivity contribution < 1.29 is 18.3 Å². The Bertz CT molecular complexity index is 415. The summed E-state index contributed by atoms with van der Waals surface area (Å²) < 4.78 is 31.1. The van der Waals surface area contributed by atoms with Crippen LogP contribution in [-0.2, 0) is 0 Å². The molecule has 0 saturated carbocycles. The Morgan fingerprint density at radius 3 is 2.40 bits per heavy atom. The predicted octanol–water partition coefficient (Wildman–Crippen LogP) is 2.08. The molecule has 0 aromatic heterocycles. The van der Waals surface area contributed by atoms with Crippen LogP contribution >= 0.6 is 0 Å². The highest BCUT2D eigenvalue weighted by atomic mass is 19.1. The van der Waals surface area contributed by atoms with E-state index >= 15 is 0 Å². The minimum Gasteiger partial charge on any atom is -0.497 e. The number of methoxy groups -OCH3 is 1. The molecule has 0 unspecified atom stereocenters. The van der Waals surface area contributed by atoms with E-state index in [1.54, 1.807) is 0 Å². The molecule has 0 spiro atoms. The minimum atomic E-state index is -1.01. The summed E-state index contributed by atoms with van der Waals surface area (Å²) in [6.45, 7) is 5.87. The molecule has 0 N–H and O–H groups in total. The highest BCUT2D eigenvalue weighted by Crippen LogP contribution is 2.20. The maximum absolute atomic E-state index is 13.2. The van der Waals surface area contributed by atoms with Gasteiger partial charge in [0.25, 0.3) is 6.54 Å². The van der Waals surface area contributed by atoms with E-state index in [-0.39, 0.29) is 5.75 Å². The zero-order valence-electron chi connectivity index (χ0n) is 7.88. The molecule has 0 aliphatic carbocycles. The third-order valence-electron chi connectivity index (χ3n) is 1.75. The summed E-state index contributed by atoms with van der Waals surface area (Å²) >= 11 is 0. The number of ketones is 1. The minimum absolute atomic E-state index is 0.00985. The number of nitrogens with zero attached hydrogens (tertiary/aromatic N) is 1. The van der Waals surface area contributed by atoms with Crippen molar-refractivity contribution in [2.24, 2.45) is 0 Å². The van der Waals surface area contributed by atoms with Crippen LogP contribution in [0.4, 0.5) is 8.78 Å². The number of carbonyl (C=O) groups excluding carboxylic acids is 1.